The number of aldehydes is 1. The highest BCUT2D eigenvalue weighted by atomic mass is 79.9. The third kappa shape index (κ3) is 2.12. The van der Waals surface area contributed by atoms with Crippen molar-refractivity contribution in [3.63, 3.8) is 0 Å². The second kappa shape index (κ2) is 4.45. The minimum atomic E-state index is -0.130. The molecule has 1 N–H and O–H groups in total. The van der Waals surface area contributed by atoms with Gasteiger partial charge < -0.3 is 4.98 Å². The predicted molar refractivity (Wildman–Crippen MR) is 63.8 cm³/mol. The van der Waals surface area contributed by atoms with Gasteiger partial charge >= 0.3 is 0 Å². The first kappa shape index (κ1) is 10.8. The molecule has 0 spiro atoms. The lowest BCUT2D eigenvalue weighted by molar-refractivity contribution is 0.103. The minimum Gasteiger partial charge on any atom is -0.350 e. The lowest BCUT2D eigenvalue weighted by Crippen LogP contribution is -2.01. The number of hydrogen-bond donors (Lipinski definition) is 1. The Morgan fingerprint density at radius 3 is 2.69 bits per heavy atom. The van der Waals surface area contributed by atoms with Crippen LogP contribution in [-0.2, 0) is 0 Å². The second-order valence-electron chi connectivity index (χ2n) is 3.28. The van der Waals surface area contributed by atoms with Gasteiger partial charge in [0.05, 0.1) is 11.4 Å². The predicted octanol–water partition coefficient (Wildman–Crippen LogP) is 2.82. The van der Waals surface area contributed by atoms with Crippen LogP contribution in [0.5, 0.6) is 0 Å². The fraction of sp³-hybridized carbons (Fsp3) is 0. The highest BCUT2D eigenvalue weighted by Crippen LogP contribution is 2.15. The molecule has 0 unspecified atom stereocenters. The van der Waals surface area contributed by atoms with Gasteiger partial charge in [-0.15, -0.1) is 0 Å². The lowest BCUT2D eigenvalue weighted by atomic mass is 10.1. The molecule has 16 heavy (non-hydrogen) atoms. The topological polar surface area (TPSA) is 49.9 Å². The van der Waals surface area contributed by atoms with Crippen LogP contribution in [-0.4, -0.2) is 17.1 Å². The molecule has 0 radical (unpaired) electrons. The lowest BCUT2D eigenvalue weighted by Gasteiger charge is -1.98. The normalized spacial score (nSPS) is 10.1. The van der Waals surface area contributed by atoms with Crippen LogP contribution in [0.3, 0.4) is 0 Å². The Hall–Kier alpha value is -1.68. The Kier molecular flexibility index (Phi) is 3.01. The SMILES string of the molecule is O=Cc1ccc(C(=O)c2cccc(Br)c2)[nH]1. The molecule has 2 aromatic rings. The zero-order valence-corrected chi connectivity index (χ0v) is 9.82. The number of aromatic amines is 1. The largest absolute Gasteiger partial charge is 0.350 e. The summed E-state index contributed by atoms with van der Waals surface area (Å²) in [6.07, 6.45) is 0.678. The van der Waals surface area contributed by atoms with Crippen LogP contribution in [0.15, 0.2) is 40.9 Å². The number of aromatic nitrogens is 1. The monoisotopic (exact) mass is 277 g/mol. The number of carbonyl (C=O) groups excluding carboxylic acids is 2. The Labute approximate surface area is 101 Å². The molecule has 0 bridgehead atoms. The molecule has 0 saturated heterocycles. The van der Waals surface area contributed by atoms with Crippen molar-refractivity contribution >= 4 is 28.0 Å². The Morgan fingerprint density at radius 2 is 2.06 bits per heavy atom. The number of nitrogens with one attached hydrogen (secondary N) is 1. The summed E-state index contributed by atoms with van der Waals surface area (Å²) < 4.78 is 0.848. The maximum Gasteiger partial charge on any atom is 0.209 e. The van der Waals surface area contributed by atoms with Crippen molar-refractivity contribution in [3.05, 3.63) is 57.8 Å². The number of ketones is 1. The Morgan fingerprint density at radius 1 is 1.25 bits per heavy atom. The fourth-order valence-electron chi connectivity index (χ4n) is 1.40. The summed E-state index contributed by atoms with van der Waals surface area (Å²) in [5, 5.41) is 0. The van der Waals surface area contributed by atoms with Crippen LogP contribution in [0, 0.1) is 0 Å². The van der Waals surface area contributed by atoms with E-state index in [0.29, 0.717) is 23.2 Å². The van der Waals surface area contributed by atoms with Crippen LogP contribution in [0.1, 0.15) is 26.5 Å². The highest BCUT2D eigenvalue weighted by molar-refractivity contribution is 9.10. The van der Waals surface area contributed by atoms with Crippen LogP contribution in [0.4, 0.5) is 0 Å². The number of H-pyrrole nitrogens is 1. The van der Waals surface area contributed by atoms with Crippen molar-refractivity contribution in [1.29, 1.82) is 0 Å². The van der Waals surface area contributed by atoms with Crippen molar-refractivity contribution in [2.75, 3.05) is 0 Å². The van der Waals surface area contributed by atoms with Gasteiger partial charge in [0, 0.05) is 10.0 Å². The first-order valence-corrected chi connectivity index (χ1v) is 5.44. The molecule has 1 aromatic carbocycles. The Balaban J connectivity index is 2.35. The average molecular weight is 278 g/mol. The fourth-order valence-corrected chi connectivity index (χ4v) is 1.80. The summed E-state index contributed by atoms with van der Waals surface area (Å²) in [6, 6.07) is 10.3. The molecule has 0 aliphatic heterocycles. The molecular formula is C12H8BrNO2. The molecule has 80 valence electrons. The van der Waals surface area contributed by atoms with E-state index in [1.54, 1.807) is 30.3 Å². The summed E-state index contributed by atoms with van der Waals surface area (Å²) in [6.45, 7) is 0. The van der Waals surface area contributed by atoms with E-state index >= 15 is 0 Å². The first-order valence-electron chi connectivity index (χ1n) is 4.65. The number of carbonyl (C=O) groups is 2. The third-order valence-electron chi connectivity index (χ3n) is 2.17. The van der Waals surface area contributed by atoms with Crippen molar-refractivity contribution in [1.82, 2.24) is 4.98 Å². The van der Waals surface area contributed by atoms with Gasteiger partial charge in [-0.05, 0) is 24.3 Å². The van der Waals surface area contributed by atoms with Crippen molar-refractivity contribution < 1.29 is 9.59 Å². The molecule has 0 amide bonds. The van der Waals surface area contributed by atoms with E-state index in [4.69, 9.17) is 0 Å². The zero-order chi connectivity index (χ0) is 11.5. The molecule has 0 atom stereocenters. The number of hydrogen-bond acceptors (Lipinski definition) is 2. The molecule has 4 heteroatoms. The van der Waals surface area contributed by atoms with Crippen LogP contribution >= 0.6 is 15.9 Å². The average Bonchev–Trinajstić information content (AvgIpc) is 2.76. The van der Waals surface area contributed by atoms with Gasteiger partial charge in [-0.25, -0.2) is 0 Å². The van der Waals surface area contributed by atoms with Crippen molar-refractivity contribution in [2.24, 2.45) is 0 Å². The molecule has 1 aromatic heterocycles. The van der Waals surface area contributed by atoms with E-state index < -0.39 is 0 Å². The van der Waals surface area contributed by atoms with E-state index in [1.807, 2.05) is 6.07 Å². The first-order chi connectivity index (χ1) is 7.70. The maximum atomic E-state index is 12.0. The zero-order valence-electron chi connectivity index (χ0n) is 8.24. The number of halogens is 1. The van der Waals surface area contributed by atoms with Gasteiger partial charge in [0.25, 0.3) is 0 Å². The van der Waals surface area contributed by atoms with Gasteiger partial charge in [0.2, 0.25) is 5.78 Å². The van der Waals surface area contributed by atoms with E-state index in [-0.39, 0.29) is 5.78 Å². The third-order valence-corrected chi connectivity index (χ3v) is 2.66. The van der Waals surface area contributed by atoms with Gasteiger partial charge in [-0.3, -0.25) is 9.59 Å². The number of benzene rings is 1. The van der Waals surface area contributed by atoms with Gasteiger partial charge in [0.1, 0.15) is 0 Å². The molecular weight excluding hydrogens is 270 g/mol. The van der Waals surface area contributed by atoms with E-state index in [2.05, 4.69) is 20.9 Å². The number of rotatable bonds is 3. The summed E-state index contributed by atoms with van der Waals surface area (Å²) in [4.78, 5) is 25.2. The van der Waals surface area contributed by atoms with E-state index in [9.17, 15) is 9.59 Å². The van der Waals surface area contributed by atoms with Gasteiger partial charge in [0.15, 0.2) is 6.29 Å². The smallest absolute Gasteiger partial charge is 0.209 e. The molecule has 2 rings (SSSR count). The molecule has 0 saturated carbocycles. The van der Waals surface area contributed by atoms with E-state index in [1.165, 1.54) is 0 Å². The molecule has 1 heterocycles. The van der Waals surface area contributed by atoms with Crippen LogP contribution < -0.4 is 0 Å². The maximum absolute atomic E-state index is 12.0. The molecule has 0 aliphatic carbocycles. The molecule has 0 fully saturated rings. The van der Waals surface area contributed by atoms with Crippen LogP contribution in [0.25, 0.3) is 0 Å². The standard InChI is InChI=1S/C12H8BrNO2/c13-9-3-1-2-8(6-9)12(16)11-5-4-10(7-15)14-11/h1-7,14H. The highest BCUT2D eigenvalue weighted by Gasteiger charge is 2.10. The van der Waals surface area contributed by atoms with Crippen molar-refractivity contribution in [2.45, 2.75) is 0 Å². The summed E-state index contributed by atoms with van der Waals surface area (Å²) in [7, 11) is 0. The summed E-state index contributed by atoms with van der Waals surface area (Å²) in [5.74, 6) is -0.130. The van der Waals surface area contributed by atoms with Crippen molar-refractivity contribution in [3.8, 4) is 0 Å². The summed E-state index contributed by atoms with van der Waals surface area (Å²) >= 11 is 3.30. The molecule has 3 nitrogen and oxygen atoms in total. The van der Waals surface area contributed by atoms with Gasteiger partial charge in [-0.1, -0.05) is 28.1 Å². The minimum absolute atomic E-state index is 0.130. The van der Waals surface area contributed by atoms with Crippen LogP contribution in [0.2, 0.25) is 0 Å². The summed E-state index contributed by atoms with van der Waals surface area (Å²) in [5.41, 5.74) is 1.40. The second-order valence-corrected chi connectivity index (χ2v) is 4.20. The quantitative estimate of drug-likeness (QED) is 0.693. The van der Waals surface area contributed by atoms with E-state index in [0.717, 1.165) is 4.47 Å². The Bertz CT molecular complexity index is 545. The molecule has 0 aliphatic rings. The van der Waals surface area contributed by atoms with Gasteiger partial charge in [-0.2, -0.15) is 0 Å².